The first-order chi connectivity index (χ1) is 9.72. The van der Waals surface area contributed by atoms with E-state index in [1.54, 1.807) is 19.2 Å². The van der Waals surface area contributed by atoms with E-state index in [0.717, 1.165) is 6.42 Å². The van der Waals surface area contributed by atoms with Gasteiger partial charge in [-0.2, -0.15) is 0 Å². The summed E-state index contributed by atoms with van der Waals surface area (Å²) in [6.07, 6.45) is 5.09. The van der Waals surface area contributed by atoms with Crippen LogP contribution in [0.15, 0.2) is 18.2 Å². The molecule has 0 aliphatic carbocycles. The Morgan fingerprint density at radius 1 is 1.05 bits per heavy atom. The van der Waals surface area contributed by atoms with E-state index >= 15 is 0 Å². The quantitative estimate of drug-likeness (QED) is 0.525. The van der Waals surface area contributed by atoms with Crippen LogP contribution in [0.4, 0.5) is 0 Å². The lowest BCUT2D eigenvalue weighted by atomic mass is 10.1. The van der Waals surface area contributed by atoms with E-state index in [0.29, 0.717) is 23.7 Å². The lowest BCUT2D eigenvalue weighted by Gasteiger charge is -2.14. The third-order valence-corrected chi connectivity index (χ3v) is 3.20. The van der Waals surface area contributed by atoms with E-state index in [1.807, 2.05) is 6.07 Å². The Labute approximate surface area is 121 Å². The minimum absolute atomic E-state index is 0.618. The highest BCUT2D eigenvalue weighted by Crippen LogP contribution is 2.30. The number of aliphatic hydroxyl groups is 1. The Morgan fingerprint density at radius 3 is 2.45 bits per heavy atom. The fraction of sp³-hybridized carbons (Fsp3) is 0.625. The third-order valence-electron chi connectivity index (χ3n) is 3.20. The van der Waals surface area contributed by atoms with Crippen LogP contribution in [0.25, 0.3) is 0 Å². The zero-order chi connectivity index (χ0) is 14.8. The first-order valence-corrected chi connectivity index (χ1v) is 7.24. The van der Waals surface area contributed by atoms with Crippen LogP contribution in [0.2, 0.25) is 0 Å². The SMILES string of the molecule is CCCCCCCOc1ccc(C(O)OC)cc1OC. The molecule has 0 saturated carbocycles. The van der Waals surface area contributed by atoms with Crippen molar-refractivity contribution in [3.8, 4) is 11.5 Å². The first kappa shape index (κ1) is 16.8. The van der Waals surface area contributed by atoms with Crippen molar-refractivity contribution in [2.75, 3.05) is 20.8 Å². The molecule has 0 radical (unpaired) electrons. The predicted molar refractivity (Wildman–Crippen MR) is 79.2 cm³/mol. The highest BCUT2D eigenvalue weighted by molar-refractivity contribution is 5.43. The van der Waals surface area contributed by atoms with E-state index in [9.17, 15) is 5.11 Å². The van der Waals surface area contributed by atoms with Crippen LogP contribution in [0.3, 0.4) is 0 Å². The fourth-order valence-electron chi connectivity index (χ4n) is 1.98. The molecule has 0 aromatic heterocycles. The van der Waals surface area contributed by atoms with Gasteiger partial charge in [0.15, 0.2) is 17.8 Å². The van der Waals surface area contributed by atoms with Crippen molar-refractivity contribution in [3.05, 3.63) is 23.8 Å². The molecule has 4 heteroatoms. The van der Waals surface area contributed by atoms with E-state index < -0.39 is 6.29 Å². The number of hydrogen-bond donors (Lipinski definition) is 1. The molecule has 0 bridgehead atoms. The summed E-state index contributed by atoms with van der Waals surface area (Å²) < 4.78 is 15.9. The molecule has 1 atom stereocenters. The smallest absolute Gasteiger partial charge is 0.180 e. The van der Waals surface area contributed by atoms with E-state index in [4.69, 9.17) is 14.2 Å². The molecule has 1 rings (SSSR count). The van der Waals surface area contributed by atoms with Gasteiger partial charge in [0.25, 0.3) is 0 Å². The summed E-state index contributed by atoms with van der Waals surface area (Å²) in [7, 11) is 3.05. The van der Waals surface area contributed by atoms with Crippen LogP contribution < -0.4 is 9.47 Å². The number of hydrogen-bond acceptors (Lipinski definition) is 4. The molecule has 114 valence electrons. The fourth-order valence-corrected chi connectivity index (χ4v) is 1.98. The Kier molecular flexibility index (Phi) is 8.07. The lowest BCUT2D eigenvalue weighted by molar-refractivity contribution is -0.0770. The summed E-state index contributed by atoms with van der Waals surface area (Å²) >= 11 is 0. The van der Waals surface area contributed by atoms with Crippen LogP contribution in [0.1, 0.15) is 50.9 Å². The first-order valence-electron chi connectivity index (χ1n) is 7.24. The summed E-state index contributed by atoms with van der Waals surface area (Å²) in [5.41, 5.74) is 0.652. The Balaban J connectivity index is 2.49. The molecule has 1 aromatic carbocycles. The number of benzene rings is 1. The maximum atomic E-state index is 9.62. The van der Waals surface area contributed by atoms with Gasteiger partial charge in [-0.25, -0.2) is 0 Å². The van der Waals surface area contributed by atoms with Gasteiger partial charge in [0.05, 0.1) is 13.7 Å². The molecule has 4 nitrogen and oxygen atoms in total. The second-order valence-corrected chi connectivity index (χ2v) is 4.76. The second kappa shape index (κ2) is 9.61. The molecule has 1 unspecified atom stereocenters. The zero-order valence-electron chi connectivity index (χ0n) is 12.7. The molecule has 0 spiro atoms. The molecule has 0 aliphatic heterocycles. The highest BCUT2D eigenvalue weighted by Gasteiger charge is 2.11. The average molecular weight is 282 g/mol. The van der Waals surface area contributed by atoms with Crippen molar-refractivity contribution in [1.82, 2.24) is 0 Å². The van der Waals surface area contributed by atoms with E-state index in [1.165, 1.54) is 32.8 Å². The molecular weight excluding hydrogens is 256 g/mol. The Bertz CT molecular complexity index is 379. The Hall–Kier alpha value is -1.26. The highest BCUT2D eigenvalue weighted by atomic mass is 16.6. The lowest BCUT2D eigenvalue weighted by Crippen LogP contribution is -2.03. The average Bonchev–Trinajstić information content (AvgIpc) is 2.50. The number of aliphatic hydroxyl groups excluding tert-OH is 1. The molecular formula is C16H26O4. The van der Waals surface area contributed by atoms with Crippen LogP contribution in [-0.4, -0.2) is 25.9 Å². The van der Waals surface area contributed by atoms with Crippen molar-refractivity contribution in [2.24, 2.45) is 0 Å². The molecule has 20 heavy (non-hydrogen) atoms. The topological polar surface area (TPSA) is 47.9 Å². The molecule has 1 aromatic rings. The summed E-state index contributed by atoms with van der Waals surface area (Å²) in [5.74, 6) is 1.32. The summed E-state index contributed by atoms with van der Waals surface area (Å²) in [5, 5.41) is 9.62. The number of methoxy groups -OCH3 is 2. The van der Waals surface area contributed by atoms with Crippen LogP contribution >= 0.6 is 0 Å². The molecule has 0 amide bonds. The van der Waals surface area contributed by atoms with Crippen LogP contribution in [-0.2, 0) is 4.74 Å². The maximum Gasteiger partial charge on any atom is 0.180 e. The van der Waals surface area contributed by atoms with Gasteiger partial charge < -0.3 is 19.3 Å². The van der Waals surface area contributed by atoms with Gasteiger partial charge in [-0.1, -0.05) is 38.7 Å². The van der Waals surface area contributed by atoms with Gasteiger partial charge >= 0.3 is 0 Å². The number of rotatable bonds is 10. The van der Waals surface area contributed by atoms with E-state index in [2.05, 4.69) is 6.92 Å². The third kappa shape index (κ3) is 5.39. The second-order valence-electron chi connectivity index (χ2n) is 4.76. The van der Waals surface area contributed by atoms with Crippen molar-refractivity contribution >= 4 is 0 Å². The maximum absolute atomic E-state index is 9.62. The van der Waals surface area contributed by atoms with Crippen molar-refractivity contribution in [2.45, 2.75) is 45.3 Å². The van der Waals surface area contributed by atoms with Crippen LogP contribution in [0, 0.1) is 0 Å². The summed E-state index contributed by atoms with van der Waals surface area (Å²) in [4.78, 5) is 0. The molecule has 0 saturated heterocycles. The molecule has 0 fully saturated rings. The van der Waals surface area contributed by atoms with Crippen LogP contribution in [0.5, 0.6) is 11.5 Å². The van der Waals surface area contributed by atoms with Gasteiger partial charge in [0.1, 0.15) is 0 Å². The van der Waals surface area contributed by atoms with Gasteiger partial charge in [-0.15, -0.1) is 0 Å². The summed E-state index contributed by atoms with van der Waals surface area (Å²) in [6, 6.07) is 5.33. The van der Waals surface area contributed by atoms with E-state index in [-0.39, 0.29) is 0 Å². The minimum Gasteiger partial charge on any atom is -0.493 e. The van der Waals surface area contributed by atoms with Crippen molar-refractivity contribution < 1.29 is 19.3 Å². The van der Waals surface area contributed by atoms with Gasteiger partial charge in [-0.3, -0.25) is 0 Å². The van der Waals surface area contributed by atoms with Crippen molar-refractivity contribution in [1.29, 1.82) is 0 Å². The Morgan fingerprint density at radius 2 is 1.80 bits per heavy atom. The van der Waals surface area contributed by atoms with Gasteiger partial charge in [-0.05, 0) is 18.6 Å². The largest absolute Gasteiger partial charge is 0.493 e. The van der Waals surface area contributed by atoms with Gasteiger partial charge in [0, 0.05) is 12.7 Å². The normalized spacial score (nSPS) is 12.2. The number of ether oxygens (including phenoxy) is 3. The van der Waals surface area contributed by atoms with Gasteiger partial charge in [0.2, 0.25) is 0 Å². The minimum atomic E-state index is -0.938. The summed E-state index contributed by atoms with van der Waals surface area (Å²) in [6.45, 7) is 2.89. The molecule has 1 N–H and O–H groups in total. The predicted octanol–water partition coefficient (Wildman–Crippen LogP) is 3.68. The molecule has 0 heterocycles. The monoisotopic (exact) mass is 282 g/mol. The zero-order valence-corrected chi connectivity index (χ0v) is 12.7. The van der Waals surface area contributed by atoms with Crippen molar-refractivity contribution in [3.63, 3.8) is 0 Å². The standard InChI is InChI=1S/C16H26O4/c1-4-5-6-7-8-11-20-14-10-9-13(16(17)19-3)12-15(14)18-2/h9-10,12,16-17H,4-8,11H2,1-3H3. The number of unbranched alkanes of at least 4 members (excludes halogenated alkanes) is 4. The molecule has 0 aliphatic rings.